The summed E-state index contributed by atoms with van der Waals surface area (Å²) in [5.74, 6) is 0.0254. The van der Waals surface area contributed by atoms with Crippen LogP contribution in [-0.4, -0.2) is 68.9 Å². The molecule has 1 fully saturated rings. The Bertz CT molecular complexity index is 450. The maximum atomic E-state index is 12.1. The predicted molar refractivity (Wildman–Crippen MR) is 76.0 cm³/mol. The van der Waals surface area contributed by atoms with E-state index in [1.807, 2.05) is 6.92 Å². The smallest absolute Gasteiger partial charge is 0.236 e. The van der Waals surface area contributed by atoms with Crippen molar-refractivity contribution in [3.63, 3.8) is 0 Å². The van der Waals surface area contributed by atoms with Crippen molar-refractivity contribution < 1.29 is 18.0 Å². The van der Waals surface area contributed by atoms with Gasteiger partial charge in [0.2, 0.25) is 11.8 Å². The fourth-order valence-corrected chi connectivity index (χ4v) is 4.01. The minimum absolute atomic E-state index is 0.0679. The van der Waals surface area contributed by atoms with Crippen LogP contribution in [0.1, 0.15) is 20.3 Å². The third-order valence-electron chi connectivity index (χ3n) is 3.26. The Kier molecular flexibility index (Phi) is 6.41. The molecule has 0 saturated carbocycles. The van der Waals surface area contributed by atoms with Crippen molar-refractivity contribution in [3.8, 4) is 0 Å². The molecule has 0 bridgehead atoms. The van der Waals surface area contributed by atoms with Gasteiger partial charge in [-0.1, -0.05) is 0 Å². The highest BCUT2D eigenvalue weighted by molar-refractivity contribution is 7.91. The van der Waals surface area contributed by atoms with Crippen molar-refractivity contribution in [1.29, 1.82) is 0 Å². The lowest BCUT2D eigenvalue weighted by Gasteiger charge is -2.27. The van der Waals surface area contributed by atoms with Crippen LogP contribution in [0.2, 0.25) is 0 Å². The van der Waals surface area contributed by atoms with Crippen LogP contribution in [-0.2, 0) is 19.4 Å². The number of hydrogen-bond acceptors (Lipinski definition) is 5. The zero-order valence-electron chi connectivity index (χ0n) is 12.0. The number of rotatable bonds is 7. The van der Waals surface area contributed by atoms with E-state index >= 15 is 0 Å². The van der Waals surface area contributed by atoms with Crippen LogP contribution < -0.4 is 10.6 Å². The molecule has 0 aromatic rings. The second kappa shape index (κ2) is 7.58. The molecule has 1 aliphatic rings. The molecule has 0 aliphatic carbocycles. The van der Waals surface area contributed by atoms with Gasteiger partial charge in [0.05, 0.1) is 18.1 Å². The van der Waals surface area contributed by atoms with Gasteiger partial charge in [-0.15, -0.1) is 0 Å². The first kappa shape index (κ1) is 16.9. The van der Waals surface area contributed by atoms with Crippen molar-refractivity contribution in [2.24, 2.45) is 0 Å². The summed E-state index contributed by atoms with van der Waals surface area (Å²) in [6.07, 6.45) is 0.522. The molecule has 1 heterocycles. The normalized spacial score (nSPS) is 20.6. The highest BCUT2D eigenvalue weighted by Gasteiger charge is 2.33. The van der Waals surface area contributed by atoms with E-state index in [9.17, 15) is 18.0 Å². The van der Waals surface area contributed by atoms with E-state index < -0.39 is 9.84 Å². The van der Waals surface area contributed by atoms with Gasteiger partial charge >= 0.3 is 0 Å². The van der Waals surface area contributed by atoms with Gasteiger partial charge in [0.1, 0.15) is 0 Å². The number of carbonyl (C=O) groups is 2. The monoisotopic (exact) mass is 305 g/mol. The molecule has 2 amide bonds. The molecule has 0 spiro atoms. The summed E-state index contributed by atoms with van der Waals surface area (Å²) in [5.41, 5.74) is 0. The Morgan fingerprint density at radius 1 is 1.30 bits per heavy atom. The van der Waals surface area contributed by atoms with Gasteiger partial charge in [-0.05, 0) is 13.3 Å². The Morgan fingerprint density at radius 2 is 2.00 bits per heavy atom. The van der Waals surface area contributed by atoms with Gasteiger partial charge in [-0.3, -0.25) is 9.59 Å². The molecule has 116 valence electrons. The Labute approximate surface area is 120 Å². The molecule has 7 nitrogen and oxygen atoms in total. The van der Waals surface area contributed by atoms with Crippen molar-refractivity contribution in [1.82, 2.24) is 15.5 Å². The van der Waals surface area contributed by atoms with Gasteiger partial charge < -0.3 is 15.5 Å². The number of sulfone groups is 1. The molecule has 8 heteroatoms. The van der Waals surface area contributed by atoms with Crippen LogP contribution in [0.4, 0.5) is 0 Å². The Morgan fingerprint density at radius 3 is 2.50 bits per heavy atom. The quantitative estimate of drug-likeness (QED) is 0.573. The fourth-order valence-electron chi connectivity index (χ4n) is 2.28. The molecule has 0 aromatic heterocycles. The zero-order valence-corrected chi connectivity index (χ0v) is 12.8. The van der Waals surface area contributed by atoms with E-state index in [2.05, 4.69) is 10.6 Å². The minimum Gasteiger partial charge on any atom is -0.355 e. The molecule has 1 rings (SSSR count). The molecule has 0 aromatic carbocycles. The zero-order chi connectivity index (χ0) is 15.2. The summed E-state index contributed by atoms with van der Waals surface area (Å²) in [6.45, 7) is 4.92. The van der Waals surface area contributed by atoms with Crippen molar-refractivity contribution in [2.75, 3.05) is 37.7 Å². The molecule has 1 aliphatic heterocycles. The predicted octanol–water partition coefficient (Wildman–Crippen LogP) is -1.25. The summed E-state index contributed by atoms with van der Waals surface area (Å²) in [6, 6.07) is -0.199. The first-order valence-electron chi connectivity index (χ1n) is 6.80. The highest BCUT2D eigenvalue weighted by atomic mass is 32.2. The lowest BCUT2D eigenvalue weighted by molar-refractivity contribution is -0.131. The molecular weight excluding hydrogens is 282 g/mol. The van der Waals surface area contributed by atoms with Crippen molar-refractivity contribution in [3.05, 3.63) is 0 Å². The largest absolute Gasteiger partial charge is 0.355 e. The van der Waals surface area contributed by atoms with Crippen LogP contribution in [0.15, 0.2) is 0 Å². The molecule has 1 atom stereocenters. The van der Waals surface area contributed by atoms with E-state index in [4.69, 9.17) is 0 Å². The molecule has 20 heavy (non-hydrogen) atoms. The van der Waals surface area contributed by atoms with Crippen LogP contribution in [0.25, 0.3) is 0 Å². The minimum atomic E-state index is -2.98. The number of hydrogen-bond donors (Lipinski definition) is 2. The third-order valence-corrected chi connectivity index (χ3v) is 5.01. The molecule has 2 N–H and O–H groups in total. The maximum Gasteiger partial charge on any atom is 0.236 e. The Balaban J connectivity index is 2.34. The van der Waals surface area contributed by atoms with Crippen LogP contribution in [0, 0.1) is 0 Å². The summed E-state index contributed by atoms with van der Waals surface area (Å²) in [7, 11) is -2.98. The van der Waals surface area contributed by atoms with E-state index in [0.29, 0.717) is 26.1 Å². The van der Waals surface area contributed by atoms with Gasteiger partial charge in [-0.25, -0.2) is 8.42 Å². The second-order valence-corrected chi connectivity index (χ2v) is 7.13. The van der Waals surface area contributed by atoms with Gasteiger partial charge in [0.25, 0.3) is 0 Å². The highest BCUT2D eigenvalue weighted by Crippen LogP contribution is 2.17. The van der Waals surface area contributed by atoms with Crippen molar-refractivity contribution >= 4 is 21.7 Å². The lowest BCUT2D eigenvalue weighted by Crippen LogP contribution is -2.46. The SMILES string of the molecule is CCN(C(=O)CNCCNC(C)=O)[C@H]1CCS(=O)(=O)C1. The molecular formula is C12H23N3O4S. The molecule has 1 saturated heterocycles. The average Bonchev–Trinajstić information content (AvgIpc) is 2.69. The number of amides is 2. The third kappa shape index (κ3) is 5.46. The average molecular weight is 305 g/mol. The fraction of sp³-hybridized carbons (Fsp3) is 0.833. The lowest BCUT2D eigenvalue weighted by atomic mass is 10.2. The van der Waals surface area contributed by atoms with Crippen LogP contribution >= 0.6 is 0 Å². The van der Waals surface area contributed by atoms with E-state index in [-0.39, 0.29) is 35.9 Å². The number of nitrogens with zero attached hydrogens (tertiary/aromatic N) is 1. The first-order valence-corrected chi connectivity index (χ1v) is 8.63. The second-order valence-electron chi connectivity index (χ2n) is 4.90. The van der Waals surface area contributed by atoms with E-state index in [1.165, 1.54) is 6.92 Å². The summed E-state index contributed by atoms with van der Waals surface area (Å²) in [5, 5.41) is 5.57. The van der Waals surface area contributed by atoms with Crippen molar-refractivity contribution in [2.45, 2.75) is 26.3 Å². The van der Waals surface area contributed by atoms with E-state index in [1.54, 1.807) is 4.90 Å². The van der Waals surface area contributed by atoms with Gasteiger partial charge in [-0.2, -0.15) is 0 Å². The van der Waals surface area contributed by atoms with Gasteiger partial charge in [0.15, 0.2) is 9.84 Å². The number of carbonyl (C=O) groups excluding carboxylic acids is 2. The topological polar surface area (TPSA) is 95.6 Å². The summed E-state index contributed by atoms with van der Waals surface area (Å²) in [4.78, 5) is 24.3. The molecule has 0 radical (unpaired) electrons. The van der Waals surface area contributed by atoms with E-state index in [0.717, 1.165) is 0 Å². The Hall–Kier alpha value is -1.15. The van der Waals surface area contributed by atoms with Crippen LogP contribution in [0.3, 0.4) is 0 Å². The molecule has 0 unspecified atom stereocenters. The van der Waals surface area contributed by atoms with Crippen LogP contribution in [0.5, 0.6) is 0 Å². The summed E-state index contributed by atoms with van der Waals surface area (Å²) < 4.78 is 22.9. The number of likely N-dealkylation sites (N-methyl/N-ethyl adjacent to an activating group) is 1. The number of nitrogens with one attached hydrogen (secondary N) is 2. The summed E-state index contributed by atoms with van der Waals surface area (Å²) >= 11 is 0. The maximum absolute atomic E-state index is 12.1. The standard InChI is InChI=1S/C12H23N3O4S/c1-3-15(11-4-7-20(18,19)9-11)12(17)8-13-5-6-14-10(2)16/h11,13H,3-9H2,1-2H3,(H,14,16)/t11-/m0/s1. The first-order chi connectivity index (χ1) is 9.35. The van der Waals surface area contributed by atoms with Gasteiger partial charge in [0, 0.05) is 32.6 Å².